The quantitative estimate of drug-likeness (QED) is 0.320. The fraction of sp³-hybridized carbons (Fsp3) is 0.350. The lowest BCUT2D eigenvalue weighted by atomic mass is 10.2. The molecule has 8 nitrogen and oxygen atoms in total. The van der Waals surface area contributed by atoms with Gasteiger partial charge in [0.1, 0.15) is 12.4 Å². The summed E-state index contributed by atoms with van der Waals surface area (Å²) in [4.78, 5) is 22.6. The Labute approximate surface area is 173 Å². The minimum Gasteiger partial charge on any atom is -0.491 e. The number of nitrogens with zero attached hydrogens (tertiary/aromatic N) is 1. The average molecular weight is 420 g/mol. The molecule has 0 atom stereocenters. The van der Waals surface area contributed by atoms with Crippen LogP contribution in [0.15, 0.2) is 42.5 Å². The molecule has 29 heavy (non-hydrogen) atoms. The van der Waals surface area contributed by atoms with Crippen LogP contribution in [0.2, 0.25) is 0 Å². The van der Waals surface area contributed by atoms with Gasteiger partial charge in [0.2, 0.25) is 5.91 Å². The zero-order chi connectivity index (χ0) is 21.1. The fourth-order valence-electron chi connectivity index (χ4n) is 2.43. The van der Waals surface area contributed by atoms with Crippen LogP contribution < -0.4 is 14.8 Å². The lowest BCUT2D eigenvalue weighted by molar-refractivity contribution is -0.385. The predicted octanol–water partition coefficient (Wildman–Crippen LogP) is 3.18. The molecule has 9 heteroatoms. The van der Waals surface area contributed by atoms with E-state index in [1.807, 2.05) is 24.3 Å². The van der Waals surface area contributed by atoms with Crippen molar-refractivity contribution in [3.8, 4) is 11.5 Å². The van der Waals surface area contributed by atoms with Crippen molar-refractivity contribution < 1.29 is 23.9 Å². The Morgan fingerprint density at radius 1 is 1.10 bits per heavy atom. The molecule has 1 N–H and O–H groups in total. The molecule has 0 fully saturated rings. The molecular weight excluding hydrogens is 396 g/mol. The largest absolute Gasteiger partial charge is 0.491 e. The van der Waals surface area contributed by atoms with Gasteiger partial charge in [0.05, 0.1) is 24.4 Å². The highest BCUT2D eigenvalue weighted by Crippen LogP contribution is 2.28. The first-order chi connectivity index (χ1) is 14.0. The fourth-order valence-corrected chi connectivity index (χ4v) is 3.23. The Morgan fingerprint density at radius 3 is 2.48 bits per heavy atom. The molecule has 0 saturated carbocycles. The molecule has 0 radical (unpaired) electrons. The first-order valence-electron chi connectivity index (χ1n) is 8.90. The summed E-state index contributed by atoms with van der Waals surface area (Å²) in [6.07, 6.45) is 0. The molecule has 2 aromatic carbocycles. The van der Waals surface area contributed by atoms with E-state index in [9.17, 15) is 14.9 Å². The number of nitro groups is 1. The lowest BCUT2D eigenvalue weighted by Gasteiger charge is -2.08. The van der Waals surface area contributed by atoms with Crippen LogP contribution in [0, 0.1) is 10.1 Å². The molecule has 2 rings (SSSR count). The Balaban J connectivity index is 1.73. The summed E-state index contributed by atoms with van der Waals surface area (Å²) in [7, 11) is 3.01. The highest BCUT2D eigenvalue weighted by Gasteiger charge is 2.15. The van der Waals surface area contributed by atoms with Gasteiger partial charge in [0.15, 0.2) is 5.75 Å². The molecule has 0 aliphatic rings. The first kappa shape index (κ1) is 22.5. The summed E-state index contributed by atoms with van der Waals surface area (Å²) >= 11 is 1.39. The summed E-state index contributed by atoms with van der Waals surface area (Å²) in [5, 5.41) is 13.9. The highest BCUT2D eigenvalue weighted by molar-refractivity contribution is 7.99. The second-order valence-corrected chi connectivity index (χ2v) is 7.00. The molecule has 0 saturated heterocycles. The molecular formula is C20H24N2O6S. The van der Waals surface area contributed by atoms with E-state index in [1.54, 1.807) is 19.2 Å². The summed E-state index contributed by atoms with van der Waals surface area (Å²) < 4.78 is 15.4. The number of benzene rings is 2. The van der Waals surface area contributed by atoms with Crippen molar-refractivity contribution in [1.29, 1.82) is 0 Å². The summed E-state index contributed by atoms with van der Waals surface area (Å²) in [6.45, 7) is 1.44. The van der Waals surface area contributed by atoms with Gasteiger partial charge in [-0.15, -0.1) is 11.8 Å². The minimum atomic E-state index is -0.479. The number of nitrogens with one attached hydrogen (secondary N) is 1. The van der Waals surface area contributed by atoms with E-state index in [4.69, 9.17) is 14.2 Å². The van der Waals surface area contributed by atoms with Gasteiger partial charge in [-0.2, -0.15) is 0 Å². The molecule has 156 valence electrons. The monoisotopic (exact) mass is 420 g/mol. The molecule has 0 bridgehead atoms. The topological polar surface area (TPSA) is 99.9 Å². The summed E-state index contributed by atoms with van der Waals surface area (Å²) in [5.41, 5.74) is 1.65. The predicted molar refractivity (Wildman–Crippen MR) is 111 cm³/mol. The van der Waals surface area contributed by atoms with Gasteiger partial charge in [-0.25, -0.2) is 0 Å². The maximum atomic E-state index is 12.0. The second kappa shape index (κ2) is 11.9. The number of hydrogen-bond donors (Lipinski definition) is 1. The number of hydrogen-bond acceptors (Lipinski definition) is 7. The maximum Gasteiger partial charge on any atom is 0.311 e. The van der Waals surface area contributed by atoms with E-state index in [2.05, 4.69) is 5.32 Å². The van der Waals surface area contributed by atoms with E-state index in [1.165, 1.54) is 24.9 Å². The van der Waals surface area contributed by atoms with Gasteiger partial charge in [-0.1, -0.05) is 18.2 Å². The van der Waals surface area contributed by atoms with Crippen molar-refractivity contribution in [1.82, 2.24) is 5.32 Å². The number of methoxy groups -OCH3 is 2. The van der Waals surface area contributed by atoms with E-state index >= 15 is 0 Å². The summed E-state index contributed by atoms with van der Waals surface area (Å²) in [6, 6.07) is 12.3. The third kappa shape index (κ3) is 7.63. The minimum absolute atomic E-state index is 0.0790. The molecule has 1 amide bonds. The van der Waals surface area contributed by atoms with Crippen LogP contribution in [-0.4, -0.2) is 44.0 Å². The SMILES string of the molecule is COCCOc1ccc(CNC(=O)CSCc2ccc(OC)c([N+](=O)[O-])c2)cc1. The van der Waals surface area contributed by atoms with Gasteiger partial charge in [-0.3, -0.25) is 14.9 Å². The highest BCUT2D eigenvalue weighted by atomic mass is 32.2. The van der Waals surface area contributed by atoms with Crippen molar-refractivity contribution in [2.45, 2.75) is 12.3 Å². The van der Waals surface area contributed by atoms with Crippen molar-refractivity contribution in [2.75, 3.05) is 33.2 Å². The summed E-state index contributed by atoms with van der Waals surface area (Å²) in [5.74, 6) is 1.63. The number of carbonyl (C=O) groups excluding carboxylic acids is 1. The molecule has 0 aliphatic heterocycles. The zero-order valence-corrected chi connectivity index (χ0v) is 17.2. The van der Waals surface area contributed by atoms with Crippen LogP contribution in [0.1, 0.15) is 11.1 Å². The molecule has 0 spiro atoms. The number of carbonyl (C=O) groups is 1. The number of ether oxygens (including phenoxy) is 3. The molecule has 0 heterocycles. The second-order valence-electron chi connectivity index (χ2n) is 6.02. The average Bonchev–Trinajstić information content (AvgIpc) is 2.73. The van der Waals surface area contributed by atoms with Crippen LogP contribution in [-0.2, 0) is 21.8 Å². The third-order valence-corrected chi connectivity index (χ3v) is 4.91. The number of thioether (sulfide) groups is 1. The van der Waals surface area contributed by atoms with E-state index in [0.29, 0.717) is 25.5 Å². The number of rotatable bonds is 12. The van der Waals surface area contributed by atoms with Crippen LogP contribution in [0.5, 0.6) is 11.5 Å². The Morgan fingerprint density at radius 2 is 1.83 bits per heavy atom. The van der Waals surface area contributed by atoms with E-state index in [0.717, 1.165) is 16.9 Å². The van der Waals surface area contributed by atoms with Crippen LogP contribution >= 0.6 is 11.8 Å². The van der Waals surface area contributed by atoms with Gasteiger partial charge < -0.3 is 19.5 Å². The van der Waals surface area contributed by atoms with Crippen LogP contribution in [0.4, 0.5) is 5.69 Å². The number of amides is 1. The molecule has 0 aliphatic carbocycles. The normalized spacial score (nSPS) is 10.4. The first-order valence-corrected chi connectivity index (χ1v) is 10.1. The van der Waals surface area contributed by atoms with Crippen molar-refractivity contribution in [3.63, 3.8) is 0 Å². The number of nitro benzene ring substituents is 1. The van der Waals surface area contributed by atoms with Crippen molar-refractivity contribution >= 4 is 23.4 Å². The molecule has 0 unspecified atom stereocenters. The maximum absolute atomic E-state index is 12.0. The third-order valence-electron chi connectivity index (χ3n) is 3.91. The standard InChI is InChI=1S/C20H24N2O6S/c1-26-9-10-28-17-6-3-15(4-7-17)12-21-20(23)14-29-13-16-5-8-19(27-2)18(11-16)22(24)25/h3-8,11H,9-10,12-14H2,1-2H3,(H,21,23). The Kier molecular flexibility index (Phi) is 9.26. The molecule has 0 aromatic heterocycles. The molecule has 2 aromatic rings. The van der Waals surface area contributed by atoms with E-state index in [-0.39, 0.29) is 23.1 Å². The smallest absolute Gasteiger partial charge is 0.311 e. The van der Waals surface area contributed by atoms with Gasteiger partial charge in [0.25, 0.3) is 0 Å². The van der Waals surface area contributed by atoms with Crippen LogP contribution in [0.25, 0.3) is 0 Å². The van der Waals surface area contributed by atoms with E-state index < -0.39 is 4.92 Å². The lowest BCUT2D eigenvalue weighted by Crippen LogP contribution is -2.24. The Bertz CT molecular complexity index is 813. The van der Waals surface area contributed by atoms with Crippen molar-refractivity contribution in [2.24, 2.45) is 0 Å². The zero-order valence-electron chi connectivity index (χ0n) is 16.4. The van der Waals surface area contributed by atoms with Crippen molar-refractivity contribution in [3.05, 3.63) is 63.7 Å². The Hall–Kier alpha value is -2.78. The van der Waals surface area contributed by atoms with Gasteiger partial charge >= 0.3 is 5.69 Å². The van der Waals surface area contributed by atoms with Gasteiger partial charge in [0, 0.05) is 25.5 Å². The van der Waals surface area contributed by atoms with Crippen LogP contribution in [0.3, 0.4) is 0 Å². The van der Waals surface area contributed by atoms with Gasteiger partial charge in [-0.05, 0) is 29.3 Å².